The lowest BCUT2D eigenvalue weighted by Crippen LogP contribution is -2.24. The first kappa shape index (κ1) is 14.1. The Kier molecular flexibility index (Phi) is 4.99. The van der Waals surface area contributed by atoms with Crippen LogP contribution in [0.3, 0.4) is 0 Å². The predicted molar refractivity (Wildman–Crippen MR) is 79.4 cm³/mol. The van der Waals surface area contributed by atoms with Gasteiger partial charge in [-0.2, -0.15) is 0 Å². The van der Waals surface area contributed by atoms with Crippen molar-refractivity contribution in [1.82, 2.24) is 15.3 Å². The molecule has 0 amide bonds. The molecule has 19 heavy (non-hydrogen) atoms. The number of nitrogens with one attached hydrogen (secondary N) is 2. The van der Waals surface area contributed by atoms with Crippen LogP contribution in [0.2, 0.25) is 0 Å². The Hall–Kier alpha value is -1.33. The molecule has 2 aromatic rings. The van der Waals surface area contributed by atoms with Crippen LogP contribution in [-0.2, 0) is 6.42 Å². The van der Waals surface area contributed by atoms with Gasteiger partial charge in [-0.3, -0.25) is 0 Å². The van der Waals surface area contributed by atoms with E-state index in [4.69, 9.17) is 4.74 Å². The van der Waals surface area contributed by atoms with Crippen LogP contribution in [0.5, 0.6) is 5.75 Å². The van der Waals surface area contributed by atoms with E-state index >= 15 is 0 Å². The van der Waals surface area contributed by atoms with Crippen molar-refractivity contribution < 1.29 is 4.74 Å². The van der Waals surface area contributed by atoms with E-state index in [-0.39, 0.29) is 6.04 Å². The van der Waals surface area contributed by atoms with Gasteiger partial charge in [0.25, 0.3) is 0 Å². The maximum absolute atomic E-state index is 5.47. The van der Waals surface area contributed by atoms with E-state index in [0.717, 1.165) is 34.6 Å². The molecular weight excluding hydrogens is 306 g/mol. The van der Waals surface area contributed by atoms with Crippen LogP contribution in [0, 0.1) is 0 Å². The number of aromatic amines is 1. The minimum absolute atomic E-state index is 0.180. The Bertz CT molecular complexity index is 513. The standard InChI is InChI=1S/C14H18BrN3O/c1-3-16-12(9-14-17-6-7-18-14)11-5-4-10(15)8-13(11)19-2/h4-8,12,16H,3,9H2,1-2H3,(H,17,18). The number of hydrogen-bond donors (Lipinski definition) is 2. The highest BCUT2D eigenvalue weighted by Gasteiger charge is 2.17. The zero-order chi connectivity index (χ0) is 13.7. The van der Waals surface area contributed by atoms with Gasteiger partial charge in [-0.1, -0.05) is 28.9 Å². The second kappa shape index (κ2) is 6.73. The van der Waals surface area contributed by atoms with Gasteiger partial charge >= 0.3 is 0 Å². The molecule has 0 bridgehead atoms. The quantitative estimate of drug-likeness (QED) is 0.858. The van der Waals surface area contributed by atoms with Gasteiger partial charge < -0.3 is 15.0 Å². The van der Waals surface area contributed by atoms with Gasteiger partial charge in [-0.15, -0.1) is 0 Å². The van der Waals surface area contributed by atoms with Gasteiger partial charge in [0.15, 0.2) is 0 Å². The summed E-state index contributed by atoms with van der Waals surface area (Å²) in [4.78, 5) is 7.43. The maximum Gasteiger partial charge on any atom is 0.124 e. The number of halogens is 1. The van der Waals surface area contributed by atoms with Gasteiger partial charge in [0, 0.05) is 34.9 Å². The average molecular weight is 324 g/mol. The summed E-state index contributed by atoms with van der Waals surface area (Å²) in [7, 11) is 1.70. The molecule has 0 saturated heterocycles. The van der Waals surface area contributed by atoms with E-state index in [9.17, 15) is 0 Å². The Labute approximate surface area is 121 Å². The molecule has 102 valence electrons. The average Bonchev–Trinajstić information content (AvgIpc) is 2.91. The number of aromatic nitrogens is 2. The van der Waals surface area contributed by atoms with Crippen molar-refractivity contribution in [1.29, 1.82) is 0 Å². The van der Waals surface area contributed by atoms with Crippen LogP contribution in [0.15, 0.2) is 35.1 Å². The molecule has 0 aliphatic carbocycles. The number of benzene rings is 1. The summed E-state index contributed by atoms with van der Waals surface area (Å²) in [5.74, 6) is 1.85. The third kappa shape index (κ3) is 3.58. The van der Waals surface area contributed by atoms with Crippen molar-refractivity contribution in [2.75, 3.05) is 13.7 Å². The van der Waals surface area contributed by atoms with Crippen molar-refractivity contribution in [3.63, 3.8) is 0 Å². The summed E-state index contributed by atoms with van der Waals surface area (Å²) < 4.78 is 6.49. The summed E-state index contributed by atoms with van der Waals surface area (Å²) in [5, 5.41) is 3.48. The third-order valence-corrected chi connectivity index (χ3v) is 3.47. The minimum atomic E-state index is 0.180. The molecule has 0 radical (unpaired) electrons. The Morgan fingerprint density at radius 2 is 2.32 bits per heavy atom. The number of rotatable bonds is 6. The molecule has 0 spiro atoms. The summed E-state index contributed by atoms with van der Waals surface area (Å²) in [6.07, 6.45) is 4.42. The molecule has 1 heterocycles. The fourth-order valence-electron chi connectivity index (χ4n) is 2.11. The van der Waals surface area contributed by atoms with Crippen molar-refractivity contribution in [3.8, 4) is 5.75 Å². The molecule has 1 atom stereocenters. The Balaban J connectivity index is 2.27. The molecular formula is C14H18BrN3O. The Morgan fingerprint density at radius 3 is 2.95 bits per heavy atom. The number of methoxy groups -OCH3 is 1. The third-order valence-electron chi connectivity index (χ3n) is 2.97. The molecule has 5 heteroatoms. The summed E-state index contributed by atoms with van der Waals surface area (Å²) >= 11 is 3.47. The maximum atomic E-state index is 5.47. The lowest BCUT2D eigenvalue weighted by molar-refractivity contribution is 0.398. The van der Waals surface area contributed by atoms with E-state index < -0.39 is 0 Å². The zero-order valence-corrected chi connectivity index (χ0v) is 12.7. The highest BCUT2D eigenvalue weighted by molar-refractivity contribution is 9.10. The van der Waals surface area contributed by atoms with E-state index in [0.29, 0.717) is 0 Å². The van der Waals surface area contributed by atoms with Crippen LogP contribution >= 0.6 is 15.9 Å². The molecule has 2 N–H and O–H groups in total. The van der Waals surface area contributed by atoms with Gasteiger partial charge in [0.05, 0.1) is 7.11 Å². The van der Waals surface area contributed by atoms with Crippen LogP contribution in [0.4, 0.5) is 0 Å². The van der Waals surface area contributed by atoms with E-state index in [1.54, 1.807) is 13.3 Å². The van der Waals surface area contributed by atoms with Gasteiger partial charge in [-0.25, -0.2) is 4.98 Å². The minimum Gasteiger partial charge on any atom is -0.496 e. The number of imidazole rings is 1. The molecule has 0 aliphatic heterocycles. The zero-order valence-electron chi connectivity index (χ0n) is 11.1. The SMILES string of the molecule is CCNC(Cc1ncc[nH]1)c1ccc(Br)cc1OC. The van der Waals surface area contributed by atoms with E-state index in [1.807, 2.05) is 18.3 Å². The van der Waals surface area contributed by atoms with Gasteiger partial charge in [0.2, 0.25) is 0 Å². The van der Waals surface area contributed by atoms with Crippen molar-refractivity contribution in [3.05, 3.63) is 46.5 Å². The predicted octanol–water partition coefficient (Wildman–Crippen LogP) is 3.07. The van der Waals surface area contributed by atoms with Crippen LogP contribution < -0.4 is 10.1 Å². The highest BCUT2D eigenvalue weighted by atomic mass is 79.9. The fourth-order valence-corrected chi connectivity index (χ4v) is 2.45. The second-order valence-corrected chi connectivity index (χ2v) is 5.15. The first-order chi connectivity index (χ1) is 9.24. The molecule has 1 unspecified atom stereocenters. The highest BCUT2D eigenvalue weighted by Crippen LogP contribution is 2.30. The van der Waals surface area contributed by atoms with Gasteiger partial charge in [0.1, 0.15) is 11.6 Å². The molecule has 1 aromatic heterocycles. The molecule has 0 saturated carbocycles. The molecule has 0 aliphatic rings. The molecule has 1 aromatic carbocycles. The number of H-pyrrole nitrogens is 1. The van der Waals surface area contributed by atoms with E-state index in [2.05, 4.69) is 44.2 Å². The van der Waals surface area contributed by atoms with Crippen LogP contribution in [0.25, 0.3) is 0 Å². The largest absolute Gasteiger partial charge is 0.496 e. The number of likely N-dealkylation sites (N-methyl/N-ethyl adjacent to an activating group) is 1. The summed E-state index contributed by atoms with van der Waals surface area (Å²) in [5.41, 5.74) is 1.14. The molecule has 4 nitrogen and oxygen atoms in total. The lowest BCUT2D eigenvalue weighted by Gasteiger charge is -2.20. The normalized spacial score (nSPS) is 12.4. The second-order valence-electron chi connectivity index (χ2n) is 4.24. The number of hydrogen-bond acceptors (Lipinski definition) is 3. The van der Waals surface area contributed by atoms with Gasteiger partial charge in [-0.05, 0) is 18.7 Å². The van der Waals surface area contributed by atoms with E-state index in [1.165, 1.54) is 0 Å². The smallest absolute Gasteiger partial charge is 0.124 e. The van der Waals surface area contributed by atoms with Crippen molar-refractivity contribution >= 4 is 15.9 Å². The summed E-state index contributed by atoms with van der Waals surface area (Å²) in [6.45, 7) is 2.99. The Morgan fingerprint density at radius 1 is 1.47 bits per heavy atom. The number of nitrogens with zero attached hydrogens (tertiary/aromatic N) is 1. The summed E-state index contributed by atoms with van der Waals surface area (Å²) in [6, 6.07) is 6.28. The lowest BCUT2D eigenvalue weighted by atomic mass is 10.0. The van der Waals surface area contributed by atoms with Crippen LogP contribution in [-0.4, -0.2) is 23.6 Å². The van der Waals surface area contributed by atoms with Crippen molar-refractivity contribution in [2.45, 2.75) is 19.4 Å². The topological polar surface area (TPSA) is 49.9 Å². The van der Waals surface area contributed by atoms with Crippen molar-refractivity contribution in [2.24, 2.45) is 0 Å². The first-order valence-electron chi connectivity index (χ1n) is 6.29. The first-order valence-corrected chi connectivity index (χ1v) is 7.09. The monoisotopic (exact) mass is 323 g/mol. The fraction of sp³-hybridized carbons (Fsp3) is 0.357. The molecule has 0 fully saturated rings. The van der Waals surface area contributed by atoms with Crippen LogP contribution in [0.1, 0.15) is 24.4 Å². The number of ether oxygens (including phenoxy) is 1. The molecule has 2 rings (SSSR count).